The molecule has 0 bridgehead atoms. The number of nitrogens with one attached hydrogen (secondary N) is 1. The van der Waals surface area contributed by atoms with Crippen LogP contribution in [0, 0.1) is 0 Å². The van der Waals surface area contributed by atoms with Gasteiger partial charge in [-0.2, -0.15) is 0 Å². The molecule has 3 N–H and O–H groups in total. The highest BCUT2D eigenvalue weighted by molar-refractivity contribution is 8.13. The molecule has 1 amide bonds. The van der Waals surface area contributed by atoms with E-state index in [1.807, 2.05) is 24.3 Å². The van der Waals surface area contributed by atoms with Crippen LogP contribution in [0.1, 0.15) is 113 Å². The van der Waals surface area contributed by atoms with Gasteiger partial charge in [0.1, 0.15) is 0 Å². The highest BCUT2D eigenvalue weighted by Gasteiger charge is 2.29. The summed E-state index contributed by atoms with van der Waals surface area (Å²) in [4.78, 5) is 17.0. The molecule has 174 valence electrons. The molecule has 1 atom stereocenters. The Bertz CT molecular complexity index is 674. The molecule has 31 heavy (non-hydrogen) atoms. The first-order valence-corrected chi connectivity index (χ1v) is 13.4. The van der Waals surface area contributed by atoms with Gasteiger partial charge in [0.05, 0.1) is 5.54 Å². The summed E-state index contributed by atoms with van der Waals surface area (Å²) in [6, 6.07) is 7.86. The van der Waals surface area contributed by atoms with Gasteiger partial charge >= 0.3 is 0 Å². The van der Waals surface area contributed by atoms with E-state index in [-0.39, 0.29) is 11.4 Å². The summed E-state index contributed by atoms with van der Waals surface area (Å²) >= 11 is 1.61. The third-order valence-corrected chi connectivity index (χ3v) is 7.08. The molecule has 5 heteroatoms. The highest BCUT2D eigenvalue weighted by atomic mass is 32.2. The van der Waals surface area contributed by atoms with Crippen molar-refractivity contribution in [2.45, 2.75) is 103 Å². The van der Waals surface area contributed by atoms with Crippen LogP contribution in [0.4, 0.5) is 0 Å². The Morgan fingerprint density at radius 1 is 0.968 bits per heavy atom. The molecule has 0 aromatic heterocycles. The van der Waals surface area contributed by atoms with E-state index >= 15 is 0 Å². The smallest absolute Gasteiger partial charge is 0.251 e. The molecule has 1 aliphatic heterocycles. The van der Waals surface area contributed by atoms with Crippen LogP contribution in [0.2, 0.25) is 0 Å². The number of carbonyl (C=O) groups excluding carboxylic acids is 1. The minimum Gasteiger partial charge on any atom is -0.379 e. The maximum atomic E-state index is 12.4. The topological polar surface area (TPSA) is 67.5 Å². The number of aliphatic imine (C=N–C) groups is 1. The summed E-state index contributed by atoms with van der Waals surface area (Å²) in [5.74, 6) is 0.995. The van der Waals surface area contributed by atoms with Crippen molar-refractivity contribution in [3.63, 3.8) is 0 Å². The minimum atomic E-state index is -0.278. The van der Waals surface area contributed by atoms with E-state index in [9.17, 15) is 4.79 Å². The number of amides is 1. The molecule has 0 aliphatic carbocycles. The molecule has 2 rings (SSSR count). The molecule has 1 aromatic carbocycles. The zero-order valence-electron chi connectivity index (χ0n) is 19.8. The Kier molecular flexibility index (Phi) is 12.1. The number of nitrogens with zero attached hydrogens (tertiary/aromatic N) is 1. The third-order valence-electron chi connectivity index (χ3n) is 6.28. The average Bonchev–Trinajstić information content (AvgIpc) is 2.77. The van der Waals surface area contributed by atoms with Crippen molar-refractivity contribution in [2.75, 3.05) is 12.3 Å². The summed E-state index contributed by atoms with van der Waals surface area (Å²) in [6.07, 6.45) is 16.9. The van der Waals surface area contributed by atoms with Crippen molar-refractivity contribution < 1.29 is 4.79 Å². The van der Waals surface area contributed by atoms with Gasteiger partial charge in [0.25, 0.3) is 5.91 Å². The highest BCUT2D eigenvalue weighted by Crippen LogP contribution is 2.34. The summed E-state index contributed by atoms with van der Waals surface area (Å²) in [5, 5.41) is 3.71. The largest absolute Gasteiger partial charge is 0.379 e. The molecular weight excluding hydrogens is 402 g/mol. The van der Waals surface area contributed by atoms with Gasteiger partial charge in [0, 0.05) is 17.9 Å². The van der Waals surface area contributed by atoms with Crippen LogP contribution in [0.15, 0.2) is 29.3 Å². The van der Waals surface area contributed by atoms with Crippen LogP contribution >= 0.6 is 11.8 Å². The molecule has 0 spiro atoms. The van der Waals surface area contributed by atoms with Crippen molar-refractivity contribution >= 4 is 22.8 Å². The first-order valence-electron chi connectivity index (χ1n) is 12.4. The fourth-order valence-electron chi connectivity index (χ4n) is 4.15. The van der Waals surface area contributed by atoms with Gasteiger partial charge in [-0.15, -0.1) is 0 Å². The lowest BCUT2D eigenvalue weighted by molar-refractivity contribution is 0.0953. The first-order chi connectivity index (χ1) is 15.0. The summed E-state index contributed by atoms with van der Waals surface area (Å²) in [5.41, 5.74) is 7.47. The van der Waals surface area contributed by atoms with Crippen molar-refractivity contribution in [1.82, 2.24) is 5.32 Å². The molecule has 0 saturated heterocycles. The Morgan fingerprint density at radius 3 is 2.06 bits per heavy atom. The van der Waals surface area contributed by atoms with Crippen LogP contribution < -0.4 is 11.1 Å². The Hall–Kier alpha value is -1.49. The van der Waals surface area contributed by atoms with E-state index in [1.165, 1.54) is 70.6 Å². The number of amidine groups is 1. The minimum absolute atomic E-state index is 0.0157. The molecule has 0 fully saturated rings. The molecule has 4 nitrogen and oxygen atoms in total. The number of rotatable bonds is 15. The van der Waals surface area contributed by atoms with Gasteiger partial charge in [0.15, 0.2) is 5.17 Å². The molecule has 0 saturated carbocycles. The van der Waals surface area contributed by atoms with E-state index in [2.05, 4.69) is 24.2 Å². The van der Waals surface area contributed by atoms with Crippen LogP contribution in [-0.4, -0.2) is 23.4 Å². The van der Waals surface area contributed by atoms with Crippen LogP contribution in [0.3, 0.4) is 0 Å². The Balaban J connectivity index is 1.54. The second-order valence-corrected chi connectivity index (χ2v) is 10.2. The van der Waals surface area contributed by atoms with Gasteiger partial charge < -0.3 is 11.1 Å². The van der Waals surface area contributed by atoms with E-state index in [0.29, 0.717) is 10.7 Å². The molecule has 1 heterocycles. The first kappa shape index (κ1) is 25.8. The number of nitrogens with two attached hydrogens (primary N) is 1. The second-order valence-electron chi connectivity index (χ2n) is 9.04. The van der Waals surface area contributed by atoms with Crippen molar-refractivity contribution in [3.05, 3.63) is 35.4 Å². The van der Waals surface area contributed by atoms with E-state index in [4.69, 9.17) is 5.73 Å². The predicted molar refractivity (Wildman–Crippen MR) is 136 cm³/mol. The molecular formula is C26H43N3OS. The summed E-state index contributed by atoms with van der Waals surface area (Å²) in [6.45, 7) is 5.14. The van der Waals surface area contributed by atoms with Gasteiger partial charge in [0.2, 0.25) is 0 Å². The molecule has 1 aliphatic rings. The number of thioether (sulfide) groups is 1. The number of unbranched alkanes of at least 4 members (excludes halogenated alkanes) is 11. The zero-order valence-corrected chi connectivity index (χ0v) is 20.6. The van der Waals surface area contributed by atoms with Gasteiger partial charge in [-0.1, -0.05) is 101 Å². The lowest BCUT2D eigenvalue weighted by Crippen LogP contribution is -2.29. The normalized spacial score (nSPS) is 18.6. The van der Waals surface area contributed by atoms with Gasteiger partial charge in [-0.05, 0) is 37.5 Å². The van der Waals surface area contributed by atoms with E-state index in [0.717, 1.165) is 30.7 Å². The van der Waals surface area contributed by atoms with E-state index in [1.54, 1.807) is 11.8 Å². The summed E-state index contributed by atoms with van der Waals surface area (Å²) in [7, 11) is 0. The number of hydrogen-bond acceptors (Lipinski definition) is 4. The zero-order chi connectivity index (χ0) is 22.4. The summed E-state index contributed by atoms with van der Waals surface area (Å²) < 4.78 is 0. The van der Waals surface area contributed by atoms with Crippen molar-refractivity contribution in [3.8, 4) is 0 Å². The maximum absolute atomic E-state index is 12.4. The van der Waals surface area contributed by atoms with Gasteiger partial charge in [-0.25, -0.2) is 0 Å². The number of hydrogen-bond donors (Lipinski definition) is 2. The fraction of sp³-hybridized carbons (Fsp3) is 0.692. The van der Waals surface area contributed by atoms with Crippen LogP contribution in [0.25, 0.3) is 0 Å². The fourth-order valence-corrected chi connectivity index (χ4v) is 5.12. The lowest BCUT2D eigenvalue weighted by Gasteiger charge is -2.29. The SMILES string of the molecule is CCCCCCCCCCCCCCNC(=O)c1ccc(C2(C)CCSC(N)=N2)cc1. The standard InChI is InChI=1S/C26H43N3OS/c1-3-4-5-6-7-8-9-10-11-12-13-14-20-28-24(30)22-15-17-23(18-16-22)26(2)19-21-31-25(27)29-26/h15-18H,3-14,19-21H2,1-2H3,(H2,27,29)(H,28,30). The van der Waals surface area contributed by atoms with Crippen molar-refractivity contribution in [2.24, 2.45) is 10.7 Å². The lowest BCUT2D eigenvalue weighted by atomic mass is 9.89. The Labute approximate surface area is 194 Å². The number of carbonyl (C=O) groups is 1. The predicted octanol–water partition coefficient (Wildman–Crippen LogP) is 6.78. The quantitative estimate of drug-likeness (QED) is 0.292. The molecule has 1 aromatic rings. The van der Waals surface area contributed by atoms with Gasteiger partial charge in [-0.3, -0.25) is 9.79 Å². The second kappa shape index (κ2) is 14.5. The monoisotopic (exact) mass is 445 g/mol. The number of benzene rings is 1. The van der Waals surface area contributed by atoms with Crippen LogP contribution in [0.5, 0.6) is 0 Å². The molecule has 0 radical (unpaired) electrons. The Morgan fingerprint density at radius 2 is 1.52 bits per heavy atom. The van der Waals surface area contributed by atoms with E-state index < -0.39 is 0 Å². The third kappa shape index (κ3) is 9.67. The molecule has 1 unspecified atom stereocenters. The van der Waals surface area contributed by atoms with Crippen LogP contribution in [-0.2, 0) is 5.54 Å². The van der Waals surface area contributed by atoms with Crippen molar-refractivity contribution in [1.29, 1.82) is 0 Å². The average molecular weight is 446 g/mol. The maximum Gasteiger partial charge on any atom is 0.251 e.